The summed E-state index contributed by atoms with van der Waals surface area (Å²) in [7, 11) is 0. The Morgan fingerprint density at radius 2 is 1.90 bits per heavy atom. The molecule has 7 nitrogen and oxygen atoms in total. The third-order valence-corrected chi connectivity index (χ3v) is 6.38. The SMILES string of the molecule is O=[N+]([O-])c1ccc(-c2ncn(CN3CCc4sccc4C3c3ccccc3)n2)cc1. The van der Waals surface area contributed by atoms with Crippen molar-refractivity contribution >= 4 is 17.0 Å². The van der Waals surface area contributed by atoms with E-state index in [1.165, 1.54) is 28.1 Å². The zero-order valence-electron chi connectivity index (χ0n) is 16.1. The van der Waals surface area contributed by atoms with Crippen LogP contribution in [-0.2, 0) is 13.1 Å². The Morgan fingerprint density at radius 1 is 1.10 bits per heavy atom. The molecule has 0 saturated heterocycles. The molecule has 0 spiro atoms. The molecule has 2 aromatic carbocycles. The zero-order chi connectivity index (χ0) is 20.5. The van der Waals surface area contributed by atoms with Crippen molar-refractivity contribution < 1.29 is 4.92 Å². The molecule has 3 heterocycles. The fourth-order valence-electron chi connectivity index (χ4n) is 3.96. The van der Waals surface area contributed by atoms with E-state index in [-0.39, 0.29) is 11.7 Å². The molecule has 0 saturated carbocycles. The quantitative estimate of drug-likeness (QED) is 0.352. The smallest absolute Gasteiger partial charge is 0.269 e. The van der Waals surface area contributed by atoms with Gasteiger partial charge in [-0.15, -0.1) is 16.4 Å². The molecule has 30 heavy (non-hydrogen) atoms. The molecule has 8 heteroatoms. The van der Waals surface area contributed by atoms with E-state index in [2.05, 4.69) is 50.7 Å². The van der Waals surface area contributed by atoms with Crippen molar-refractivity contribution in [3.63, 3.8) is 0 Å². The van der Waals surface area contributed by atoms with Crippen molar-refractivity contribution in [2.24, 2.45) is 0 Å². The summed E-state index contributed by atoms with van der Waals surface area (Å²) in [5.41, 5.74) is 3.46. The highest BCUT2D eigenvalue weighted by Crippen LogP contribution is 2.37. The Bertz CT molecular complexity index is 1170. The second-order valence-electron chi connectivity index (χ2n) is 7.23. The number of benzene rings is 2. The second kappa shape index (κ2) is 7.81. The Kier molecular flexibility index (Phi) is 4.86. The van der Waals surface area contributed by atoms with E-state index in [9.17, 15) is 10.1 Å². The molecule has 0 amide bonds. The van der Waals surface area contributed by atoms with Crippen LogP contribution in [0.15, 0.2) is 72.4 Å². The van der Waals surface area contributed by atoms with Gasteiger partial charge in [0.05, 0.1) is 17.6 Å². The van der Waals surface area contributed by atoms with E-state index in [4.69, 9.17) is 0 Å². The van der Waals surface area contributed by atoms with Crippen molar-refractivity contribution in [3.8, 4) is 11.4 Å². The number of nitrogens with zero attached hydrogens (tertiary/aromatic N) is 5. The molecule has 150 valence electrons. The van der Waals surface area contributed by atoms with Gasteiger partial charge in [0.25, 0.3) is 5.69 Å². The predicted octanol–water partition coefficient (Wildman–Crippen LogP) is 4.52. The lowest BCUT2D eigenvalue weighted by Crippen LogP contribution is -2.36. The minimum atomic E-state index is -0.408. The van der Waals surface area contributed by atoms with E-state index < -0.39 is 4.92 Å². The summed E-state index contributed by atoms with van der Waals surface area (Å²) < 4.78 is 1.84. The Balaban J connectivity index is 1.41. The molecule has 0 fully saturated rings. The number of hydrogen-bond acceptors (Lipinski definition) is 6. The first-order valence-electron chi connectivity index (χ1n) is 9.68. The van der Waals surface area contributed by atoms with Gasteiger partial charge in [0.15, 0.2) is 5.82 Å². The van der Waals surface area contributed by atoms with Crippen molar-refractivity contribution in [2.45, 2.75) is 19.1 Å². The van der Waals surface area contributed by atoms with Crippen LogP contribution in [0.4, 0.5) is 5.69 Å². The van der Waals surface area contributed by atoms with Crippen molar-refractivity contribution in [3.05, 3.63) is 98.5 Å². The highest BCUT2D eigenvalue weighted by molar-refractivity contribution is 7.10. The average Bonchev–Trinajstić information content (AvgIpc) is 3.44. The summed E-state index contributed by atoms with van der Waals surface area (Å²) in [4.78, 5) is 18.7. The lowest BCUT2D eigenvalue weighted by atomic mass is 9.94. The molecule has 1 aliphatic rings. The first-order valence-corrected chi connectivity index (χ1v) is 10.6. The number of rotatable bonds is 5. The molecule has 1 atom stereocenters. The van der Waals surface area contributed by atoms with Gasteiger partial charge in [0, 0.05) is 29.1 Å². The summed E-state index contributed by atoms with van der Waals surface area (Å²) >= 11 is 1.83. The molecule has 1 aliphatic heterocycles. The van der Waals surface area contributed by atoms with Crippen LogP contribution in [0.2, 0.25) is 0 Å². The normalized spacial score (nSPS) is 16.3. The Labute approximate surface area is 177 Å². The highest BCUT2D eigenvalue weighted by atomic mass is 32.1. The lowest BCUT2D eigenvalue weighted by molar-refractivity contribution is -0.384. The lowest BCUT2D eigenvalue weighted by Gasteiger charge is -2.35. The number of aromatic nitrogens is 3. The first-order chi connectivity index (χ1) is 14.7. The number of thiophene rings is 1. The van der Waals surface area contributed by atoms with Crippen LogP contribution in [0.3, 0.4) is 0 Å². The fraction of sp³-hybridized carbons (Fsp3) is 0.182. The molecular formula is C22H19N5O2S. The van der Waals surface area contributed by atoms with E-state index in [1.54, 1.807) is 18.5 Å². The molecule has 0 bridgehead atoms. The number of non-ortho nitro benzene ring substituents is 1. The second-order valence-corrected chi connectivity index (χ2v) is 8.23. The topological polar surface area (TPSA) is 77.1 Å². The van der Waals surface area contributed by atoms with Crippen LogP contribution in [0.25, 0.3) is 11.4 Å². The maximum Gasteiger partial charge on any atom is 0.269 e. The summed E-state index contributed by atoms with van der Waals surface area (Å²) in [6.45, 7) is 1.56. The van der Waals surface area contributed by atoms with Crippen molar-refractivity contribution in [1.82, 2.24) is 19.7 Å². The molecule has 2 aromatic heterocycles. The highest BCUT2D eigenvalue weighted by Gasteiger charge is 2.29. The van der Waals surface area contributed by atoms with E-state index >= 15 is 0 Å². The van der Waals surface area contributed by atoms with Gasteiger partial charge in [0.2, 0.25) is 0 Å². The van der Waals surface area contributed by atoms with Crippen LogP contribution >= 0.6 is 11.3 Å². The van der Waals surface area contributed by atoms with E-state index in [0.717, 1.165) is 18.5 Å². The standard InChI is InChI=1S/C22H19N5O2S/c28-27(29)18-8-6-17(7-9-18)22-23-14-26(24-22)15-25-12-10-20-19(11-13-30-20)21(25)16-4-2-1-3-5-16/h1-9,11,13-14,21H,10,12,15H2. The number of hydrogen-bond donors (Lipinski definition) is 0. The van der Waals surface area contributed by atoms with Crippen LogP contribution < -0.4 is 0 Å². The van der Waals surface area contributed by atoms with Crippen LogP contribution in [0, 0.1) is 10.1 Å². The maximum absolute atomic E-state index is 10.9. The van der Waals surface area contributed by atoms with Gasteiger partial charge < -0.3 is 0 Å². The predicted molar refractivity (Wildman–Crippen MR) is 115 cm³/mol. The molecular weight excluding hydrogens is 398 g/mol. The summed E-state index contributed by atoms with van der Waals surface area (Å²) in [5.74, 6) is 0.564. The van der Waals surface area contributed by atoms with Gasteiger partial charge in [-0.3, -0.25) is 15.0 Å². The molecule has 5 rings (SSSR count). The molecule has 1 unspecified atom stereocenters. The summed E-state index contributed by atoms with van der Waals surface area (Å²) in [6.07, 6.45) is 2.75. The van der Waals surface area contributed by atoms with E-state index in [1.807, 2.05) is 22.1 Å². The molecule has 0 aliphatic carbocycles. The van der Waals surface area contributed by atoms with Gasteiger partial charge in [-0.25, -0.2) is 9.67 Å². The molecule has 0 radical (unpaired) electrons. The van der Waals surface area contributed by atoms with Gasteiger partial charge in [0.1, 0.15) is 6.33 Å². The minimum Gasteiger partial charge on any atom is -0.273 e. The van der Waals surface area contributed by atoms with Crippen LogP contribution in [0.5, 0.6) is 0 Å². The Morgan fingerprint density at radius 3 is 2.67 bits per heavy atom. The van der Waals surface area contributed by atoms with Crippen LogP contribution in [-0.4, -0.2) is 31.1 Å². The number of nitro benzene ring substituents is 1. The van der Waals surface area contributed by atoms with E-state index in [0.29, 0.717) is 12.5 Å². The third kappa shape index (κ3) is 3.51. The molecule has 4 aromatic rings. The zero-order valence-corrected chi connectivity index (χ0v) is 16.9. The number of nitro groups is 1. The van der Waals surface area contributed by atoms with Crippen LogP contribution in [0.1, 0.15) is 22.0 Å². The van der Waals surface area contributed by atoms with Gasteiger partial charge >= 0.3 is 0 Å². The fourth-order valence-corrected chi connectivity index (χ4v) is 4.86. The average molecular weight is 417 g/mol. The third-order valence-electron chi connectivity index (χ3n) is 5.38. The molecule has 0 N–H and O–H groups in total. The van der Waals surface area contributed by atoms with Gasteiger partial charge in [-0.2, -0.15) is 0 Å². The van der Waals surface area contributed by atoms with Gasteiger partial charge in [-0.05, 0) is 41.1 Å². The van der Waals surface area contributed by atoms with Crippen molar-refractivity contribution in [1.29, 1.82) is 0 Å². The van der Waals surface area contributed by atoms with Crippen molar-refractivity contribution in [2.75, 3.05) is 6.54 Å². The largest absolute Gasteiger partial charge is 0.273 e. The first kappa shape index (κ1) is 18.7. The Hall–Kier alpha value is -3.36. The summed E-state index contributed by atoms with van der Waals surface area (Å²) in [6, 6.07) is 19.3. The monoisotopic (exact) mass is 417 g/mol. The van der Waals surface area contributed by atoms with Gasteiger partial charge in [-0.1, -0.05) is 30.3 Å². The summed E-state index contributed by atoms with van der Waals surface area (Å²) in [5, 5.41) is 17.6. The maximum atomic E-state index is 10.9. The number of fused-ring (bicyclic) bond motifs is 1. The minimum absolute atomic E-state index is 0.0590.